The molecule has 1 aliphatic rings. The molecule has 25 heavy (non-hydrogen) atoms. The van der Waals surface area contributed by atoms with E-state index in [0.29, 0.717) is 0 Å². The van der Waals surface area contributed by atoms with E-state index < -0.39 is 6.09 Å². The fraction of sp³-hybridized carbons (Fsp3) is 0.350. The minimum Gasteiger partial charge on any atom is -0.444 e. The number of piperidine rings is 1. The Balaban J connectivity index is 1.56. The minimum atomic E-state index is -0.453. The third-order valence-corrected chi connectivity index (χ3v) is 4.42. The van der Waals surface area contributed by atoms with Gasteiger partial charge in [-0.05, 0) is 30.0 Å². The van der Waals surface area contributed by atoms with Gasteiger partial charge in [-0.3, -0.25) is 10.2 Å². The molecule has 1 amide bonds. The van der Waals surface area contributed by atoms with E-state index in [-0.39, 0.29) is 12.7 Å². The fourth-order valence-corrected chi connectivity index (χ4v) is 2.97. The molecule has 1 heterocycles. The molecule has 0 aromatic heterocycles. The van der Waals surface area contributed by atoms with Crippen LogP contribution in [-0.4, -0.2) is 35.3 Å². The summed E-state index contributed by atoms with van der Waals surface area (Å²) in [4.78, 5) is 14.4. The molecule has 0 atom stereocenters. The Hall–Kier alpha value is -2.37. The van der Waals surface area contributed by atoms with Gasteiger partial charge in [0.15, 0.2) is 0 Å². The number of anilines is 1. The van der Waals surface area contributed by atoms with Crippen molar-refractivity contribution < 1.29 is 14.6 Å². The van der Waals surface area contributed by atoms with Crippen LogP contribution >= 0.6 is 0 Å². The van der Waals surface area contributed by atoms with E-state index in [2.05, 4.69) is 10.2 Å². The van der Waals surface area contributed by atoms with Crippen LogP contribution in [0.1, 0.15) is 24.0 Å². The van der Waals surface area contributed by atoms with Crippen molar-refractivity contribution in [2.24, 2.45) is 0 Å². The third kappa shape index (κ3) is 5.31. The first kappa shape index (κ1) is 17.5. The molecule has 0 bridgehead atoms. The monoisotopic (exact) mass is 340 g/mol. The number of nitrogens with one attached hydrogen (secondary N) is 1. The SMILES string of the molecule is O=C(Nc1ccccc1CN1CCC(O)CC1)OCc1ccccc1. The second kappa shape index (κ2) is 8.65. The van der Waals surface area contributed by atoms with Gasteiger partial charge in [-0.25, -0.2) is 4.79 Å². The van der Waals surface area contributed by atoms with Gasteiger partial charge in [-0.1, -0.05) is 48.5 Å². The zero-order valence-corrected chi connectivity index (χ0v) is 14.2. The van der Waals surface area contributed by atoms with E-state index in [4.69, 9.17) is 4.74 Å². The summed E-state index contributed by atoms with van der Waals surface area (Å²) in [6.07, 6.45) is 0.964. The number of aliphatic hydroxyl groups excluding tert-OH is 1. The molecule has 5 heteroatoms. The van der Waals surface area contributed by atoms with Crippen molar-refractivity contribution in [3.8, 4) is 0 Å². The van der Waals surface area contributed by atoms with Crippen LogP contribution in [-0.2, 0) is 17.9 Å². The smallest absolute Gasteiger partial charge is 0.411 e. The molecule has 3 rings (SSSR count). The molecule has 0 saturated carbocycles. The van der Waals surface area contributed by atoms with Crippen LogP contribution in [0.4, 0.5) is 10.5 Å². The summed E-state index contributed by atoms with van der Waals surface area (Å²) in [5, 5.41) is 12.5. The largest absolute Gasteiger partial charge is 0.444 e. The van der Waals surface area contributed by atoms with Gasteiger partial charge in [-0.2, -0.15) is 0 Å². The van der Waals surface area contributed by atoms with Gasteiger partial charge in [0.2, 0.25) is 0 Å². The Morgan fingerprint density at radius 3 is 2.52 bits per heavy atom. The Morgan fingerprint density at radius 1 is 1.08 bits per heavy atom. The molecule has 5 nitrogen and oxygen atoms in total. The number of carbonyl (C=O) groups is 1. The van der Waals surface area contributed by atoms with Crippen LogP contribution in [0.15, 0.2) is 54.6 Å². The third-order valence-electron chi connectivity index (χ3n) is 4.42. The number of hydrogen-bond acceptors (Lipinski definition) is 4. The van der Waals surface area contributed by atoms with Crippen LogP contribution in [0.5, 0.6) is 0 Å². The number of carbonyl (C=O) groups excluding carboxylic acids is 1. The Labute approximate surface area is 148 Å². The number of hydrogen-bond donors (Lipinski definition) is 2. The van der Waals surface area contributed by atoms with Crippen LogP contribution in [0.3, 0.4) is 0 Å². The number of amides is 1. The zero-order chi connectivity index (χ0) is 17.5. The molecule has 0 spiro atoms. The predicted octanol–water partition coefficient (Wildman–Crippen LogP) is 3.39. The van der Waals surface area contributed by atoms with Crippen molar-refractivity contribution in [3.63, 3.8) is 0 Å². The van der Waals surface area contributed by atoms with E-state index in [1.165, 1.54) is 0 Å². The quantitative estimate of drug-likeness (QED) is 0.876. The molecule has 2 aromatic carbocycles. The molecular formula is C20H24N2O3. The highest BCUT2D eigenvalue weighted by molar-refractivity contribution is 5.85. The number of nitrogens with zero attached hydrogens (tertiary/aromatic N) is 1. The second-order valence-electron chi connectivity index (χ2n) is 6.35. The fourth-order valence-electron chi connectivity index (χ4n) is 2.97. The van der Waals surface area contributed by atoms with E-state index in [1.54, 1.807) is 0 Å². The van der Waals surface area contributed by atoms with Crippen molar-refractivity contribution in [3.05, 3.63) is 65.7 Å². The first-order valence-electron chi connectivity index (χ1n) is 8.67. The molecule has 0 radical (unpaired) electrons. The standard InChI is InChI=1S/C20H24N2O3/c23-18-10-12-22(13-11-18)14-17-8-4-5-9-19(17)21-20(24)25-15-16-6-2-1-3-7-16/h1-9,18,23H,10-15H2,(H,21,24). The van der Waals surface area contributed by atoms with Crippen molar-refractivity contribution in [2.45, 2.75) is 32.1 Å². The van der Waals surface area contributed by atoms with Crippen LogP contribution in [0.2, 0.25) is 0 Å². The van der Waals surface area contributed by atoms with Gasteiger partial charge >= 0.3 is 6.09 Å². The predicted molar refractivity (Wildman–Crippen MR) is 97.2 cm³/mol. The minimum absolute atomic E-state index is 0.183. The Morgan fingerprint density at radius 2 is 1.76 bits per heavy atom. The maximum absolute atomic E-state index is 12.1. The van der Waals surface area contributed by atoms with E-state index in [1.807, 2.05) is 54.6 Å². The lowest BCUT2D eigenvalue weighted by Gasteiger charge is -2.30. The van der Waals surface area contributed by atoms with Gasteiger partial charge < -0.3 is 9.84 Å². The summed E-state index contributed by atoms with van der Waals surface area (Å²) in [7, 11) is 0. The van der Waals surface area contributed by atoms with Crippen molar-refractivity contribution >= 4 is 11.8 Å². The molecule has 132 valence electrons. The molecule has 1 saturated heterocycles. The topological polar surface area (TPSA) is 61.8 Å². The van der Waals surface area contributed by atoms with Crippen LogP contribution < -0.4 is 5.32 Å². The van der Waals surface area contributed by atoms with E-state index in [9.17, 15) is 9.90 Å². The van der Waals surface area contributed by atoms with Gasteiger partial charge in [0.25, 0.3) is 0 Å². The molecule has 2 N–H and O–H groups in total. The first-order chi connectivity index (χ1) is 12.2. The summed E-state index contributed by atoms with van der Waals surface area (Å²) >= 11 is 0. The van der Waals surface area contributed by atoms with E-state index in [0.717, 1.165) is 49.3 Å². The summed E-state index contributed by atoms with van der Waals surface area (Å²) < 4.78 is 5.29. The number of ether oxygens (including phenoxy) is 1. The van der Waals surface area contributed by atoms with Gasteiger partial charge in [0, 0.05) is 25.3 Å². The van der Waals surface area contributed by atoms with Crippen molar-refractivity contribution in [1.82, 2.24) is 4.90 Å². The van der Waals surface area contributed by atoms with Crippen LogP contribution in [0, 0.1) is 0 Å². The maximum Gasteiger partial charge on any atom is 0.411 e. The number of benzene rings is 2. The Kier molecular flexibility index (Phi) is 6.04. The van der Waals surface area contributed by atoms with Crippen molar-refractivity contribution in [2.75, 3.05) is 18.4 Å². The molecular weight excluding hydrogens is 316 g/mol. The molecule has 1 fully saturated rings. The average Bonchev–Trinajstić information content (AvgIpc) is 2.64. The molecule has 0 unspecified atom stereocenters. The highest BCUT2D eigenvalue weighted by Crippen LogP contribution is 2.20. The number of para-hydroxylation sites is 1. The highest BCUT2D eigenvalue weighted by Gasteiger charge is 2.18. The van der Waals surface area contributed by atoms with Gasteiger partial charge in [-0.15, -0.1) is 0 Å². The lowest BCUT2D eigenvalue weighted by molar-refractivity contribution is 0.0793. The average molecular weight is 340 g/mol. The number of likely N-dealkylation sites (tertiary alicyclic amines) is 1. The van der Waals surface area contributed by atoms with Gasteiger partial charge in [0.1, 0.15) is 6.61 Å². The molecule has 2 aromatic rings. The number of rotatable bonds is 5. The lowest BCUT2D eigenvalue weighted by atomic mass is 10.1. The number of aliphatic hydroxyl groups is 1. The maximum atomic E-state index is 12.1. The Bertz CT molecular complexity index is 682. The van der Waals surface area contributed by atoms with Crippen molar-refractivity contribution in [1.29, 1.82) is 0 Å². The summed E-state index contributed by atoms with van der Waals surface area (Å²) in [6, 6.07) is 17.4. The summed E-state index contributed by atoms with van der Waals surface area (Å²) in [5.74, 6) is 0. The summed E-state index contributed by atoms with van der Waals surface area (Å²) in [5.41, 5.74) is 2.78. The normalized spacial score (nSPS) is 15.7. The lowest BCUT2D eigenvalue weighted by Crippen LogP contribution is -2.35. The summed E-state index contributed by atoms with van der Waals surface area (Å²) in [6.45, 7) is 2.74. The zero-order valence-electron chi connectivity index (χ0n) is 14.2. The van der Waals surface area contributed by atoms with E-state index >= 15 is 0 Å². The molecule has 0 aliphatic carbocycles. The van der Waals surface area contributed by atoms with Crippen LogP contribution in [0.25, 0.3) is 0 Å². The highest BCUT2D eigenvalue weighted by atomic mass is 16.5. The molecule has 1 aliphatic heterocycles. The second-order valence-corrected chi connectivity index (χ2v) is 6.35. The van der Waals surface area contributed by atoms with Gasteiger partial charge in [0.05, 0.1) is 6.10 Å². The first-order valence-corrected chi connectivity index (χ1v) is 8.67.